The minimum Gasteiger partial charge on any atom is -0.378 e. The Hall–Kier alpha value is -1.28. The Bertz CT molecular complexity index is 548. The fourth-order valence-corrected chi connectivity index (χ4v) is 2.93. The summed E-state index contributed by atoms with van der Waals surface area (Å²) >= 11 is 3.61. The smallest absolute Gasteiger partial charge is 0.0496 e. The van der Waals surface area contributed by atoms with E-state index in [2.05, 4.69) is 84.5 Å². The lowest BCUT2D eigenvalue weighted by atomic mass is 9.98. The molecule has 106 valence electrons. The minimum atomic E-state index is 0.278. The van der Waals surface area contributed by atoms with Gasteiger partial charge in [-0.1, -0.05) is 60.1 Å². The van der Waals surface area contributed by atoms with Gasteiger partial charge in [0.25, 0.3) is 0 Å². The molecule has 0 aliphatic carbocycles. The van der Waals surface area contributed by atoms with Gasteiger partial charge in [-0.3, -0.25) is 0 Å². The highest BCUT2D eigenvalue weighted by Crippen LogP contribution is 2.27. The summed E-state index contributed by atoms with van der Waals surface area (Å²) < 4.78 is 1.15. The van der Waals surface area contributed by atoms with Crippen molar-refractivity contribution in [2.75, 3.05) is 5.32 Å². The average molecular weight is 332 g/mol. The maximum atomic E-state index is 3.61. The van der Waals surface area contributed by atoms with Crippen LogP contribution in [0.4, 0.5) is 5.69 Å². The molecule has 2 rings (SSSR count). The van der Waals surface area contributed by atoms with Gasteiger partial charge in [0, 0.05) is 16.2 Å². The minimum absolute atomic E-state index is 0.278. The van der Waals surface area contributed by atoms with Crippen LogP contribution in [0.25, 0.3) is 0 Å². The van der Waals surface area contributed by atoms with Crippen LogP contribution in [0.2, 0.25) is 0 Å². The Labute approximate surface area is 130 Å². The molecule has 0 radical (unpaired) electrons. The molecule has 1 N–H and O–H groups in total. The van der Waals surface area contributed by atoms with Crippen LogP contribution in [-0.2, 0) is 0 Å². The third kappa shape index (κ3) is 3.63. The lowest BCUT2D eigenvalue weighted by Gasteiger charge is -2.18. The van der Waals surface area contributed by atoms with E-state index < -0.39 is 0 Å². The van der Waals surface area contributed by atoms with E-state index in [1.54, 1.807) is 0 Å². The molecule has 1 nitrogen and oxygen atoms in total. The summed E-state index contributed by atoms with van der Waals surface area (Å²) in [4.78, 5) is 0. The van der Waals surface area contributed by atoms with Crippen LogP contribution in [0, 0.1) is 0 Å². The molecule has 0 aromatic heterocycles. The van der Waals surface area contributed by atoms with E-state index >= 15 is 0 Å². The molecule has 20 heavy (non-hydrogen) atoms. The Kier molecular flexibility index (Phi) is 5.24. The van der Waals surface area contributed by atoms with Gasteiger partial charge >= 0.3 is 0 Å². The molecular weight excluding hydrogens is 310 g/mol. The van der Waals surface area contributed by atoms with E-state index in [1.807, 2.05) is 6.07 Å². The molecule has 2 heteroatoms. The topological polar surface area (TPSA) is 12.0 Å². The molecule has 0 bridgehead atoms. The maximum Gasteiger partial charge on any atom is 0.0496 e. The summed E-state index contributed by atoms with van der Waals surface area (Å²) in [6.45, 7) is 6.68. The van der Waals surface area contributed by atoms with Crippen LogP contribution < -0.4 is 5.32 Å². The van der Waals surface area contributed by atoms with Crippen molar-refractivity contribution in [1.82, 2.24) is 0 Å². The van der Waals surface area contributed by atoms with Gasteiger partial charge in [0.05, 0.1) is 0 Å². The number of halogens is 1. The van der Waals surface area contributed by atoms with Gasteiger partial charge in [0.1, 0.15) is 0 Å². The second-order valence-corrected chi connectivity index (χ2v) is 6.17. The van der Waals surface area contributed by atoms with E-state index in [0.717, 1.165) is 4.47 Å². The van der Waals surface area contributed by atoms with Crippen LogP contribution in [0.5, 0.6) is 0 Å². The van der Waals surface area contributed by atoms with Crippen molar-refractivity contribution in [1.29, 1.82) is 0 Å². The number of benzene rings is 2. The van der Waals surface area contributed by atoms with Gasteiger partial charge < -0.3 is 5.32 Å². The Morgan fingerprint density at radius 3 is 2.25 bits per heavy atom. The SMILES string of the molecule is CCC(C)c1ccc(NC(C)c2ccccc2Br)cc1. The van der Waals surface area contributed by atoms with E-state index in [1.165, 1.54) is 23.2 Å². The quantitative estimate of drug-likeness (QED) is 0.694. The Morgan fingerprint density at radius 2 is 1.65 bits per heavy atom. The first-order valence-electron chi connectivity index (χ1n) is 7.22. The second-order valence-electron chi connectivity index (χ2n) is 5.32. The van der Waals surface area contributed by atoms with E-state index in [4.69, 9.17) is 0 Å². The number of nitrogens with one attached hydrogen (secondary N) is 1. The lowest BCUT2D eigenvalue weighted by Crippen LogP contribution is -2.07. The summed E-state index contributed by atoms with van der Waals surface area (Å²) in [5.41, 5.74) is 3.85. The fraction of sp³-hybridized carbons (Fsp3) is 0.333. The van der Waals surface area contributed by atoms with Gasteiger partial charge in [-0.25, -0.2) is 0 Å². The van der Waals surface area contributed by atoms with Crippen molar-refractivity contribution in [3.63, 3.8) is 0 Å². The predicted molar refractivity (Wildman–Crippen MR) is 91.3 cm³/mol. The predicted octanol–water partition coefficient (Wildman–Crippen LogP) is 6.14. The van der Waals surface area contributed by atoms with Crippen molar-refractivity contribution < 1.29 is 0 Å². The maximum absolute atomic E-state index is 3.61. The standard InChI is InChI=1S/C18H22BrN/c1-4-13(2)15-9-11-16(12-10-15)20-14(3)17-7-5-6-8-18(17)19/h5-14,20H,4H2,1-3H3. The van der Waals surface area contributed by atoms with Gasteiger partial charge in [-0.15, -0.1) is 0 Å². The van der Waals surface area contributed by atoms with Crippen LogP contribution in [0.15, 0.2) is 53.0 Å². The molecule has 0 spiro atoms. The molecular formula is C18H22BrN. The van der Waals surface area contributed by atoms with Crippen LogP contribution in [0.1, 0.15) is 50.3 Å². The summed E-state index contributed by atoms with van der Waals surface area (Å²) in [7, 11) is 0. The molecule has 2 unspecified atom stereocenters. The number of hydrogen-bond acceptors (Lipinski definition) is 1. The zero-order valence-corrected chi connectivity index (χ0v) is 13.9. The van der Waals surface area contributed by atoms with Gasteiger partial charge in [-0.05, 0) is 48.6 Å². The number of rotatable bonds is 5. The summed E-state index contributed by atoms with van der Waals surface area (Å²) in [6, 6.07) is 17.4. The first kappa shape index (κ1) is 15.1. The molecule has 0 saturated heterocycles. The first-order valence-corrected chi connectivity index (χ1v) is 8.02. The van der Waals surface area contributed by atoms with Gasteiger partial charge in [0.2, 0.25) is 0 Å². The van der Waals surface area contributed by atoms with Crippen molar-refractivity contribution in [2.24, 2.45) is 0 Å². The number of hydrogen-bond donors (Lipinski definition) is 1. The summed E-state index contributed by atoms with van der Waals surface area (Å²) in [5, 5.41) is 3.55. The summed E-state index contributed by atoms with van der Waals surface area (Å²) in [6.07, 6.45) is 1.18. The molecule has 0 amide bonds. The van der Waals surface area contributed by atoms with Crippen LogP contribution in [-0.4, -0.2) is 0 Å². The zero-order chi connectivity index (χ0) is 14.5. The van der Waals surface area contributed by atoms with Crippen molar-refractivity contribution in [3.05, 3.63) is 64.1 Å². The van der Waals surface area contributed by atoms with Crippen molar-refractivity contribution in [2.45, 2.75) is 39.2 Å². The fourth-order valence-electron chi connectivity index (χ4n) is 2.30. The number of anilines is 1. The Morgan fingerprint density at radius 1 is 1.00 bits per heavy atom. The molecule has 2 atom stereocenters. The van der Waals surface area contributed by atoms with Crippen LogP contribution in [0.3, 0.4) is 0 Å². The van der Waals surface area contributed by atoms with Crippen molar-refractivity contribution >= 4 is 21.6 Å². The largest absolute Gasteiger partial charge is 0.378 e. The highest BCUT2D eigenvalue weighted by molar-refractivity contribution is 9.10. The normalized spacial score (nSPS) is 13.8. The van der Waals surface area contributed by atoms with E-state index in [-0.39, 0.29) is 6.04 Å². The molecule has 0 heterocycles. The zero-order valence-electron chi connectivity index (χ0n) is 12.4. The molecule has 2 aromatic carbocycles. The molecule has 0 saturated carbocycles. The Balaban J connectivity index is 2.08. The van der Waals surface area contributed by atoms with E-state index in [0.29, 0.717) is 5.92 Å². The third-order valence-electron chi connectivity index (χ3n) is 3.85. The van der Waals surface area contributed by atoms with Crippen LogP contribution >= 0.6 is 15.9 Å². The van der Waals surface area contributed by atoms with Gasteiger partial charge in [-0.2, -0.15) is 0 Å². The van der Waals surface area contributed by atoms with E-state index in [9.17, 15) is 0 Å². The molecule has 0 fully saturated rings. The first-order chi connectivity index (χ1) is 9.61. The average Bonchev–Trinajstić information content (AvgIpc) is 2.47. The molecule has 0 aliphatic rings. The van der Waals surface area contributed by atoms with Crippen molar-refractivity contribution in [3.8, 4) is 0 Å². The lowest BCUT2D eigenvalue weighted by molar-refractivity contribution is 0.733. The van der Waals surface area contributed by atoms with Gasteiger partial charge in [0.15, 0.2) is 0 Å². The summed E-state index contributed by atoms with van der Waals surface area (Å²) in [5.74, 6) is 0.629. The monoisotopic (exact) mass is 331 g/mol. The molecule has 0 aliphatic heterocycles. The molecule has 2 aromatic rings. The highest BCUT2D eigenvalue weighted by atomic mass is 79.9. The highest BCUT2D eigenvalue weighted by Gasteiger charge is 2.09. The third-order valence-corrected chi connectivity index (χ3v) is 4.57. The second kappa shape index (κ2) is 6.94.